The molecule has 0 saturated carbocycles. The fraction of sp³-hybridized carbons (Fsp3) is 0.429. The summed E-state index contributed by atoms with van der Waals surface area (Å²) in [5, 5.41) is 8.87. The molecule has 2 amide bonds. The Hall–Kier alpha value is -1.24. The van der Waals surface area contributed by atoms with E-state index in [0.717, 1.165) is 23.7 Å². The Kier molecular flexibility index (Phi) is 7.01. The van der Waals surface area contributed by atoms with E-state index in [9.17, 15) is 9.59 Å². The Morgan fingerprint density at radius 1 is 1.38 bits per heavy atom. The Morgan fingerprint density at radius 3 is 2.62 bits per heavy atom. The lowest BCUT2D eigenvalue weighted by atomic mass is 10.0. The second-order valence-corrected chi connectivity index (χ2v) is 5.68. The van der Waals surface area contributed by atoms with Gasteiger partial charge in [-0.2, -0.15) is 0 Å². The molecule has 0 atom stereocenters. The lowest BCUT2D eigenvalue weighted by Gasteiger charge is -2.27. The van der Waals surface area contributed by atoms with Crippen LogP contribution in [0.5, 0.6) is 0 Å². The van der Waals surface area contributed by atoms with E-state index in [1.54, 1.807) is 12.1 Å². The summed E-state index contributed by atoms with van der Waals surface area (Å²) in [5.41, 5.74) is 1.36. The molecule has 1 heterocycles. The molecule has 1 aliphatic rings. The zero-order valence-electron chi connectivity index (χ0n) is 12.1. The Balaban J connectivity index is 0.00000220. The molecule has 1 aliphatic heterocycles. The van der Waals surface area contributed by atoms with Crippen LogP contribution in [0.3, 0.4) is 0 Å². The van der Waals surface area contributed by atoms with Gasteiger partial charge in [-0.3, -0.25) is 9.59 Å². The molecule has 21 heavy (non-hydrogen) atoms. The lowest BCUT2D eigenvalue weighted by Crippen LogP contribution is -2.48. The van der Waals surface area contributed by atoms with E-state index in [4.69, 9.17) is 0 Å². The first kappa shape index (κ1) is 17.8. The molecule has 2 rings (SSSR count). The molecule has 1 fully saturated rings. The number of rotatable bonds is 5. The van der Waals surface area contributed by atoms with Crippen LogP contribution in [0.4, 0.5) is 5.69 Å². The molecule has 3 N–H and O–H groups in total. The normalized spacial score (nSPS) is 13.8. The number of nitrogens with one attached hydrogen (secondary N) is 3. The quantitative estimate of drug-likeness (QED) is 0.720. The van der Waals surface area contributed by atoms with Crippen LogP contribution in [0, 0.1) is 5.92 Å². The fourth-order valence-electron chi connectivity index (χ4n) is 1.96. The van der Waals surface area contributed by atoms with Gasteiger partial charge in [0.15, 0.2) is 0 Å². The van der Waals surface area contributed by atoms with E-state index in [2.05, 4.69) is 16.0 Å². The van der Waals surface area contributed by atoms with Crippen molar-refractivity contribution in [2.45, 2.75) is 11.8 Å². The van der Waals surface area contributed by atoms with Crippen molar-refractivity contribution >= 4 is 41.7 Å². The molecule has 1 aromatic carbocycles. The highest BCUT2D eigenvalue weighted by Crippen LogP contribution is 2.26. The van der Waals surface area contributed by atoms with Crippen molar-refractivity contribution < 1.29 is 9.59 Å². The maximum atomic E-state index is 12.1. The molecule has 1 saturated heterocycles. The Labute approximate surface area is 135 Å². The van der Waals surface area contributed by atoms with Gasteiger partial charge in [-0.05, 0) is 24.5 Å². The van der Waals surface area contributed by atoms with Gasteiger partial charge in [0.05, 0.1) is 5.69 Å². The van der Waals surface area contributed by atoms with Gasteiger partial charge in [-0.1, -0.05) is 0 Å². The molecule has 7 heteroatoms. The highest BCUT2D eigenvalue weighted by molar-refractivity contribution is 7.98. The van der Waals surface area contributed by atoms with Crippen LogP contribution < -0.4 is 16.0 Å². The Morgan fingerprint density at radius 2 is 2.10 bits per heavy atom. The van der Waals surface area contributed by atoms with Crippen molar-refractivity contribution in [2.75, 3.05) is 31.2 Å². The summed E-state index contributed by atoms with van der Waals surface area (Å²) < 4.78 is 0. The summed E-state index contributed by atoms with van der Waals surface area (Å²) in [6, 6.07) is 5.32. The molecule has 0 aliphatic carbocycles. The van der Waals surface area contributed by atoms with Crippen LogP contribution in [0.1, 0.15) is 17.3 Å². The monoisotopic (exact) mass is 329 g/mol. The molecular weight excluding hydrogens is 310 g/mol. The number of hydrogen-bond donors (Lipinski definition) is 3. The number of thioether (sulfide) groups is 1. The molecular formula is C14H20ClN3O2S. The van der Waals surface area contributed by atoms with Crippen LogP contribution in [0.2, 0.25) is 0 Å². The highest BCUT2D eigenvalue weighted by Gasteiger charge is 2.18. The molecule has 116 valence electrons. The highest BCUT2D eigenvalue weighted by atomic mass is 35.5. The van der Waals surface area contributed by atoms with Gasteiger partial charge in [0, 0.05) is 42.9 Å². The summed E-state index contributed by atoms with van der Waals surface area (Å²) in [7, 11) is 0. The third kappa shape index (κ3) is 4.91. The predicted molar refractivity (Wildman–Crippen MR) is 88.5 cm³/mol. The third-order valence-corrected chi connectivity index (χ3v) is 3.97. The first-order chi connectivity index (χ1) is 9.60. The maximum absolute atomic E-state index is 12.1. The average Bonchev–Trinajstić information content (AvgIpc) is 2.36. The largest absolute Gasteiger partial charge is 0.352 e. The number of carbonyl (C=O) groups excluding carboxylic acids is 2. The van der Waals surface area contributed by atoms with Crippen LogP contribution in [0.15, 0.2) is 23.1 Å². The second kappa shape index (κ2) is 8.26. The first-order valence-electron chi connectivity index (χ1n) is 6.54. The zero-order chi connectivity index (χ0) is 14.5. The number of benzene rings is 1. The van der Waals surface area contributed by atoms with Crippen LogP contribution >= 0.6 is 24.2 Å². The third-order valence-electron chi connectivity index (χ3n) is 3.19. The van der Waals surface area contributed by atoms with Crippen molar-refractivity contribution in [3.63, 3.8) is 0 Å². The molecule has 0 radical (unpaired) electrons. The predicted octanol–water partition coefficient (Wildman–Crippen LogP) is 1.74. The molecule has 0 bridgehead atoms. The van der Waals surface area contributed by atoms with Gasteiger partial charge in [-0.25, -0.2) is 0 Å². The van der Waals surface area contributed by atoms with Gasteiger partial charge in [0.2, 0.25) is 5.91 Å². The average molecular weight is 330 g/mol. The van der Waals surface area contributed by atoms with Gasteiger partial charge in [0.1, 0.15) is 0 Å². The van der Waals surface area contributed by atoms with Crippen molar-refractivity contribution in [2.24, 2.45) is 5.92 Å². The Bertz CT molecular complexity index is 521. The minimum atomic E-state index is -0.116. The smallest absolute Gasteiger partial charge is 0.251 e. The number of anilines is 1. The van der Waals surface area contributed by atoms with E-state index >= 15 is 0 Å². The van der Waals surface area contributed by atoms with E-state index in [1.807, 2.05) is 12.3 Å². The van der Waals surface area contributed by atoms with Crippen LogP contribution in [-0.4, -0.2) is 37.7 Å². The lowest BCUT2D eigenvalue weighted by molar-refractivity contribution is -0.114. The summed E-state index contributed by atoms with van der Waals surface area (Å²) in [6.45, 7) is 4.11. The summed E-state index contributed by atoms with van der Waals surface area (Å²) >= 11 is 1.50. The maximum Gasteiger partial charge on any atom is 0.251 e. The van der Waals surface area contributed by atoms with Crippen LogP contribution in [0.25, 0.3) is 0 Å². The van der Waals surface area contributed by atoms with Gasteiger partial charge >= 0.3 is 0 Å². The molecule has 0 unspecified atom stereocenters. The standard InChI is InChI=1S/C14H19N3O2S.ClH/c1-9(18)17-12-4-3-11(5-13(12)20-2)14(19)16-8-10-6-15-7-10;/h3-5,10,15H,6-8H2,1-2H3,(H,16,19)(H,17,18);1H. The van der Waals surface area contributed by atoms with Gasteiger partial charge < -0.3 is 16.0 Å². The summed E-state index contributed by atoms with van der Waals surface area (Å²) in [4.78, 5) is 24.1. The van der Waals surface area contributed by atoms with Crippen molar-refractivity contribution in [3.05, 3.63) is 23.8 Å². The number of hydrogen-bond acceptors (Lipinski definition) is 4. The van der Waals surface area contributed by atoms with Gasteiger partial charge in [-0.15, -0.1) is 24.2 Å². The van der Waals surface area contributed by atoms with Crippen molar-refractivity contribution in [1.82, 2.24) is 10.6 Å². The first-order valence-corrected chi connectivity index (χ1v) is 7.77. The molecule has 0 aromatic heterocycles. The van der Waals surface area contributed by atoms with E-state index in [0.29, 0.717) is 18.0 Å². The summed E-state index contributed by atoms with van der Waals surface area (Å²) in [5.74, 6) is 0.356. The summed E-state index contributed by atoms with van der Waals surface area (Å²) in [6.07, 6.45) is 1.92. The number of carbonyl (C=O) groups is 2. The van der Waals surface area contributed by atoms with E-state index in [-0.39, 0.29) is 24.2 Å². The number of halogens is 1. The van der Waals surface area contributed by atoms with Gasteiger partial charge in [0.25, 0.3) is 5.91 Å². The second-order valence-electron chi connectivity index (χ2n) is 4.83. The van der Waals surface area contributed by atoms with Crippen molar-refractivity contribution in [1.29, 1.82) is 0 Å². The molecule has 1 aromatic rings. The zero-order valence-corrected chi connectivity index (χ0v) is 13.7. The number of amides is 2. The fourth-order valence-corrected chi connectivity index (χ4v) is 2.54. The minimum Gasteiger partial charge on any atom is -0.352 e. The molecule has 5 nitrogen and oxygen atoms in total. The SMILES string of the molecule is CSc1cc(C(=O)NCC2CNC2)ccc1NC(C)=O.Cl. The van der Waals surface area contributed by atoms with Crippen LogP contribution in [-0.2, 0) is 4.79 Å². The van der Waals surface area contributed by atoms with E-state index in [1.165, 1.54) is 18.7 Å². The minimum absolute atomic E-state index is 0. The van der Waals surface area contributed by atoms with E-state index < -0.39 is 0 Å². The topological polar surface area (TPSA) is 70.2 Å². The molecule has 0 spiro atoms. The van der Waals surface area contributed by atoms with Crippen molar-refractivity contribution in [3.8, 4) is 0 Å².